The number of carbonyl (C=O) groups excluding carboxylic acids is 1. The molecule has 0 fully saturated rings. The van der Waals surface area contributed by atoms with E-state index in [1.807, 2.05) is 27.7 Å². The molecule has 0 aromatic heterocycles. The van der Waals surface area contributed by atoms with Gasteiger partial charge in [0.05, 0.1) is 5.92 Å². The molecule has 0 saturated heterocycles. The van der Waals surface area contributed by atoms with E-state index in [0.717, 1.165) is 12.1 Å². The highest BCUT2D eigenvalue weighted by Crippen LogP contribution is 2.36. The molecule has 1 unspecified atom stereocenters. The van der Waals surface area contributed by atoms with E-state index >= 15 is 0 Å². The van der Waals surface area contributed by atoms with Crippen LogP contribution in [-0.4, -0.2) is 42.9 Å². The Morgan fingerprint density at radius 2 is 1.12 bits per heavy atom. The summed E-state index contributed by atoms with van der Waals surface area (Å²) in [5.74, 6) is -0.365. The molecular formula is C25H54O5Si2. The van der Waals surface area contributed by atoms with Crippen molar-refractivity contribution in [3.05, 3.63) is 0 Å². The van der Waals surface area contributed by atoms with Gasteiger partial charge in [-0.25, -0.2) is 0 Å². The number of hydrogen-bond acceptors (Lipinski definition) is 5. The molecule has 0 rings (SSSR count). The Balaban J connectivity index is 5.46. The quantitative estimate of drug-likeness (QED) is 0.122. The van der Waals surface area contributed by atoms with Crippen LogP contribution in [0.3, 0.4) is 0 Å². The van der Waals surface area contributed by atoms with Crippen molar-refractivity contribution in [2.24, 2.45) is 5.92 Å². The Hall–Kier alpha value is -0.216. The first-order valence-corrected chi connectivity index (χ1v) is 17.7. The maximum Gasteiger partial charge on any atom is 0.501 e. The number of unbranched alkanes of at least 4 members (excludes halogenated alkanes) is 6. The van der Waals surface area contributed by atoms with Crippen molar-refractivity contribution in [2.45, 2.75) is 130 Å². The van der Waals surface area contributed by atoms with Gasteiger partial charge in [0.25, 0.3) is 14.3 Å². The van der Waals surface area contributed by atoms with Crippen LogP contribution in [-0.2, 0) is 22.5 Å². The van der Waals surface area contributed by atoms with Crippen LogP contribution in [0.25, 0.3) is 0 Å². The van der Waals surface area contributed by atoms with E-state index in [1.54, 1.807) is 0 Å². The largest absolute Gasteiger partial charge is 0.519 e. The first-order chi connectivity index (χ1) is 15.3. The van der Waals surface area contributed by atoms with Gasteiger partial charge in [-0.3, -0.25) is 4.79 Å². The Morgan fingerprint density at radius 1 is 0.688 bits per heavy atom. The van der Waals surface area contributed by atoms with Crippen molar-refractivity contribution in [1.29, 1.82) is 0 Å². The Bertz CT molecular complexity index is 444. The summed E-state index contributed by atoms with van der Waals surface area (Å²) in [6.45, 7) is 18.4. The van der Waals surface area contributed by atoms with Gasteiger partial charge >= 0.3 is 8.80 Å². The molecule has 0 N–H and O–H groups in total. The Kier molecular flexibility index (Phi) is 18.0. The fraction of sp³-hybridized carbons (Fsp3) is 0.960. The molecule has 0 radical (unpaired) electrons. The molecule has 0 heterocycles. The van der Waals surface area contributed by atoms with Gasteiger partial charge in [0.15, 0.2) is 0 Å². The number of carbonyl (C=O) groups is 1. The minimum atomic E-state index is -2.88. The second kappa shape index (κ2) is 18.2. The van der Waals surface area contributed by atoms with E-state index < -0.39 is 17.1 Å². The fourth-order valence-electron chi connectivity index (χ4n) is 4.35. The van der Waals surface area contributed by atoms with E-state index in [1.165, 1.54) is 51.4 Å². The lowest BCUT2D eigenvalue weighted by molar-refractivity contribution is -0.139. The topological polar surface area (TPSA) is 54.0 Å². The highest BCUT2D eigenvalue weighted by molar-refractivity contribution is 6.76. The van der Waals surface area contributed by atoms with Gasteiger partial charge in [-0.15, -0.1) is 0 Å². The Morgan fingerprint density at radius 3 is 1.47 bits per heavy atom. The molecule has 0 saturated carbocycles. The summed E-state index contributed by atoms with van der Waals surface area (Å²) in [5.41, 5.74) is 0.426. The minimum absolute atomic E-state index is 0.0765. The summed E-state index contributed by atoms with van der Waals surface area (Å²) in [7, 11) is -5.07. The predicted molar refractivity (Wildman–Crippen MR) is 139 cm³/mol. The van der Waals surface area contributed by atoms with Crippen molar-refractivity contribution in [1.82, 2.24) is 0 Å². The third kappa shape index (κ3) is 11.8. The van der Waals surface area contributed by atoms with Crippen molar-refractivity contribution >= 4 is 23.1 Å². The summed E-state index contributed by atoms with van der Waals surface area (Å²) in [5, 5.41) is 0. The van der Waals surface area contributed by atoms with Crippen LogP contribution >= 0.6 is 0 Å². The minimum Gasteiger partial charge on any atom is -0.519 e. The van der Waals surface area contributed by atoms with Crippen LogP contribution in [0.1, 0.15) is 107 Å². The molecule has 0 amide bonds. The lowest BCUT2D eigenvalue weighted by atomic mass is 10.2. The van der Waals surface area contributed by atoms with Crippen LogP contribution in [0, 0.1) is 5.92 Å². The monoisotopic (exact) mass is 490 g/mol. The SMILES string of the molecule is CCCCCC[Si](CCCCCC)(OC(=O)C(C)C[Si](OCC)(OCC)OCC)C(C)C. The van der Waals surface area contributed by atoms with E-state index in [9.17, 15) is 4.79 Å². The smallest absolute Gasteiger partial charge is 0.501 e. The van der Waals surface area contributed by atoms with Crippen LogP contribution in [0.5, 0.6) is 0 Å². The van der Waals surface area contributed by atoms with Gasteiger partial charge in [-0.1, -0.05) is 86.0 Å². The summed E-state index contributed by atoms with van der Waals surface area (Å²) >= 11 is 0. The average Bonchev–Trinajstić information content (AvgIpc) is 2.74. The standard InChI is InChI=1S/C25H54O5Si2/c1-9-14-16-18-20-31(23(6)7,21-19-17-15-10-2)30-25(26)24(8)22-32(27-11-3,28-12-4)29-13-5/h23-24H,9-22H2,1-8H3. The van der Waals surface area contributed by atoms with Gasteiger partial charge < -0.3 is 17.7 Å². The normalized spacial score (nSPS) is 13.5. The molecule has 1 atom stereocenters. The third-order valence-corrected chi connectivity index (χ3v) is 14.7. The van der Waals surface area contributed by atoms with Gasteiger partial charge in [0, 0.05) is 25.9 Å². The average molecular weight is 491 g/mol. The highest BCUT2D eigenvalue weighted by atomic mass is 28.4. The van der Waals surface area contributed by atoms with E-state index in [-0.39, 0.29) is 11.9 Å². The fourth-order valence-corrected chi connectivity index (χ4v) is 11.3. The molecule has 0 spiro atoms. The Labute approximate surface area is 201 Å². The molecule has 5 nitrogen and oxygen atoms in total. The van der Waals surface area contributed by atoms with E-state index in [2.05, 4.69) is 27.7 Å². The van der Waals surface area contributed by atoms with E-state index in [0.29, 0.717) is 31.4 Å². The van der Waals surface area contributed by atoms with Gasteiger partial charge in [-0.2, -0.15) is 0 Å². The number of hydrogen-bond donors (Lipinski definition) is 0. The summed E-state index contributed by atoms with van der Waals surface area (Å²) < 4.78 is 24.5. The molecule has 0 aliphatic heterocycles. The highest BCUT2D eigenvalue weighted by Gasteiger charge is 2.46. The summed E-state index contributed by atoms with van der Waals surface area (Å²) in [4.78, 5) is 13.4. The van der Waals surface area contributed by atoms with Crippen molar-refractivity contribution < 1.29 is 22.5 Å². The number of rotatable bonds is 21. The maximum atomic E-state index is 13.4. The second-order valence-electron chi connectivity index (χ2n) is 9.35. The van der Waals surface area contributed by atoms with Crippen molar-refractivity contribution in [3.8, 4) is 0 Å². The summed E-state index contributed by atoms with van der Waals surface area (Å²) in [6, 6.07) is 2.65. The molecular weight excluding hydrogens is 436 g/mol. The van der Waals surface area contributed by atoms with Crippen LogP contribution in [0.15, 0.2) is 0 Å². The molecule has 7 heteroatoms. The molecule has 0 aliphatic carbocycles. The lowest BCUT2D eigenvalue weighted by Gasteiger charge is -2.37. The maximum absolute atomic E-state index is 13.4. The van der Waals surface area contributed by atoms with Gasteiger partial charge in [0.2, 0.25) is 0 Å². The molecule has 0 bridgehead atoms. The molecule has 0 aromatic rings. The van der Waals surface area contributed by atoms with Crippen molar-refractivity contribution in [3.63, 3.8) is 0 Å². The zero-order chi connectivity index (χ0) is 24.5. The third-order valence-electron chi connectivity index (χ3n) is 6.31. The van der Waals surface area contributed by atoms with Crippen molar-refractivity contribution in [2.75, 3.05) is 19.8 Å². The van der Waals surface area contributed by atoms with Crippen LogP contribution in [0.2, 0.25) is 23.7 Å². The molecule has 192 valence electrons. The van der Waals surface area contributed by atoms with Crippen LogP contribution in [0.4, 0.5) is 0 Å². The van der Waals surface area contributed by atoms with E-state index in [4.69, 9.17) is 17.7 Å². The zero-order valence-electron chi connectivity index (χ0n) is 22.6. The lowest BCUT2D eigenvalue weighted by Crippen LogP contribution is -2.50. The first-order valence-electron chi connectivity index (χ1n) is 13.4. The van der Waals surface area contributed by atoms with Gasteiger partial charge in [-0.05, 0) is 38.4 Å². The zero-order valence-corrected chi connectivity index (χ0v) is 24.6. The summed E-state index contributed by atoms with van der Waals surface area (Å²) in [6.07, 6.45) is 9.77. The van der Waals surface area contributed by atoms with Crippen LogP contribution < -0.4 is 0 Å². The molecule has 32 heavy (non-hydrogen) atoms. The predicted octanol–water partition coefficient (Wildman–Crippen LogP) is 7.73. The van der Waals surface area contributed by atoms with Gasteiger partial charge in [0.1, 0.15) is 0 Å². The molecule has 0 aliphatic rings. The molecule has 0 aromatic carbocycles. The first kappa shape index (κ1) is 31.8. The second-order valence-corrected chi connectivity index (χ2v) is 16.5.